The second-order valence-corrected chi connectivity index (χ2v) is 18.2. The highest BCUT2D eigenvalue weighted by molar-refractivity contribution is 7.80. The molecule has 0 aliphatic rings. The van der Waals surface area contributed by atoms with Gasteiger partial charge in [-0.05, 0) is 82.2 Å². The second-order valence-electron chi connectivity index (χ2n) is 16.1. The maximum Gasteiger partial charge on any atom is 0.131 e. The molecule has 0 aliphatic heterocycles. The molecule has 3 aromatic rings. The number of nitrogens with zero attached hydrogens (tertiary/aromatic N) is 2. The number of hydrogen-bond acceptors (Lipinski definition) is 7. The number of para-hydroxylation sites is 1. The molecule has 8 heteroatoms. The second kappa shape index (κ2) is 15.7. The average Bonchev–Trinajstić information content (AvgIpc) is 2.96. The Morgan fingerprint density at radius 2 is 0.979 bits per heavy atom. The topological polar surface area (TPSA) is 63.6 Å². The van der Waals surface area contributed by atoms with Crippen LogP contribution in [0, 0.1) is 0 Å². The fraction of sp³-hybridized carbons (Fsp3) is 0.550. The summed E-state index contributed by atoms with van der Waals surface area (Å²) in [6, 6.07) is 14.5. The van der Waals surface area contributed by atoms with Crippen LogP contribution in [0.4, 0.5) is 0 Å². The molecule has 7 nitrogen and oxygen atoms in total. The third-order valence-electron chi connectivity index (χ3n) is 8.29. The van der Waals surface area contributed by atoms with E-state index in [0.29, 0.717) is 13.2 Å². The van der Waals surface area contributed by atoms with Crippen molar-refractivity contribution in [1.29, 1.82) is 0 Å². The molecule has 0 fully saturated rings. The molecule has 48 heavy (non-hydrogen) atoms. The van der Waals surface area contributed by atoms with Crippen LogP contribution in [0.3, 0.4) is 0 Å². The predicted molar refractivity (Wildman–Crippen MR) is 204 cm³/mol. The van der Waals surface area contributed by atoms with Crippen molar-refractivity contribution in [2.24, 2.45) is 0 Å². The van der Waals surface area contributed by atoms with Crippen LogP contribution in [0.5, 0.6) is 28.7 Å². The Balaban J connectivity index is 2.62. The summed E-state index contributed by atoms with van der Waals surface area (Å²) in [4.78, 5) is 4.24. The molecule has 0 atom stereocenters. The van der Waals surface area contributed by atoms with Crippen molar-refractivity contribution in [3.05, 3.63) is 59.2 Å². The molecule has 3 rings (SSSR count). The van der Waals surface area contributed by atoms with Crippen molar-refractivity contribution in [2.75, 3.05) is 68.7 Å². The molecule has 0 amide bonds. The van der Waals surface area contributed by atoms with Gasteiger partial charge in [0, 0.05) is 40.1 Å². The van der Waals surface area contributed by atoms with E-state index in [1.54, 1.807) is 14.2 Å². The largest absolute Gasteiger partial charge is 0.507 e. The van der Waals surface area contributed by atoms with Gasteiger partial charge in [0.25, 0.3) is 0 Å². The van der Waals surface area contributed by atoms with Gasteiger partial charge in [-0.25, -0.2) is 0 Å². The van der Waals surface area contributed by atoms with Crippen molar-refractivity contribution < 1.29 is 24.1 Å². The monoisotopic (exact) mass is 680 g/mol. The van der Waals surface area contributed by atoms with Gasteiger partial charge >= 0.3 is 0 Å². The highest BCUT2D eigenvalue weighted by Crippen LogP contribution is 2.49. The maximum absolute atomic E-state index is 12.3. The number of hydrogen-bond donors (Lipinski definition) is 1. The van der Waals surface area contributed by atoms with Crippen LogP contribution in [0.15, 0.2) is 42.5 Å². The Morgan fingerprint density at radius 1 is 0.583 bits per heavy atom. The maximum atomic E-state index is 12.3. The number of phenolic OH excluding ortho intramolecular Hbond substituents is 1. The minimum absolute atomic E-state index is 0.261. The molecular formula is C40H61N2O5P. The summed E-state index contributed by atoms with van der Waals surface area (Å²) >= 11 is 0. The molecular weight excluding hydrogens is 619 g/mol. The van der Waals surface area contributed by atoms with Gasteiger partial charge in [0.15, 0.2) is 0 Å². The standard InChI is InChI=1S/C40H61N2O5P/c1-38(2,3)29-17-16-18-32(35(29)43)48(33-25-27(44-14)23-30(39(4,5)6)36(33)46-21-19-41(10)11)34-26-28(45-15)24-31(40(7,8)9)37(34)47-22-20-42(12)13/h16-18,23-26,43H,19-22H2,1-15H3. The van der Waals surface area contributed by atoms with Gasteiger partial charge in [0.05, 0.1) is 14.2 Å². The van der Waals surface area contributed by atoms with Gasteiger partial charge in [-0.2, -0.15) is 0 Å². The Morgan fingerprint density at radius 3 is 1.31 bits per heavy atom. The van der Waals surface area contributed by atoms with E-state index in [0.717, 1.165) is 68.7 Å². The van der Waals surface area contributed by atoms with Crippen LogP contribution in [0.25, 0.3) is 0 Å². The lowest BCUT2D eigenvalue weighted by Crippen LogP contribution is -2.31. The van der Waals surface area contributed by atoms with E-state index in [4.69, 9.17) is 18.9 Å². The summed E-state index contributed by atoms with van der Waals surface area (Å²) in [5.41, 5.74) is 2.17. The normalized spacial score (nSPS) is 12.6. The van der Waals surface area contributed by atoms with Crippen molar-refractivity contribution in [3.8, 4) is 28.7 Å². The van der Waals surface area contributed by atoms with E-state index in [1.165, 1.54) is 0 Å². The summed E-state index contributed by atoms with van der Waals surface area (Å²) in [5, 5.41) is 15.0. The summed E-state index contributed by atoms with van der Waals surface area (Å²) in [6.07, 6.45) is 0. The molecule has 0 saturated carbocycles. The number of rotatable bonds is 13. The van der Waals surface area contributed by atoms with Gasteiger partial charge in [-0.15, -0.1) is 0 Å². The van der Waals surface area contributed by atoms with Gasteiger partial charge < -0.3 is 33.9 Å². The Hall–Kier alpha value is -2.99. The molecule has 3 aromatic carbocycles. The number of likely N-dealkylation sites (N-methyl/N-ethyl adjacent to an activating group) is 2. The zero-order chi connectivity index (χ0) is 36.2. The zero-order valence-electron chi connectivity index (χ0n) is 32.3. The minimum atomic E-state index is -1.49. The van der Waals surface area contributed by atoms with Gasteiger partial charge in [-0.3, -0.25) is 0 Å². The SMILES string of the molecule is COc1cc(P(c2cccc(C(C)(C)C)c2O)c2cc(OC)cc(C(C)(C)C)c2OCCN(C)C)c(OCCN(C)C)c(C(C)(C)C)c1. The van der Waals surface area contributed by atoms with Crippen LogP contribution in [-0.4, -0.2) is 83.6 Å². The minimum Gasteiger partial charge on any atom is -0.507 e. The van der Waals surface area contributed by atoms with Crippen molar-refractivity contribution >= 4 is 23.8 Å². The highest BCUT2D eigenvalue weighted by atomic mass is 31.1. The van der Waals surface area contributed by atoms with Crippen molar-refractivity contribution in [3.63, 3.8) is 0 Å². The van der Waals surface area contributed by atoms with Crippen LogP contribution < -0.4 is 34.9 Å². The lowest BCUT2D eigenvalue weighted by atomic mass is 9.86. The number of aromatic hydroxyl groups is 1. The third-order valence-corrected chi connectivity index (χ3v) is 10.8. The summed E-state index contributed by atoms with van der Waals surface area (Å²) in [5.74, 6) is 3.40. The van der Waals surface area contributed by atoms with Crippen LogP contribution in [-0.2, 0) is 16.2 Å². The van der Waals surface area contributed by atoms with E-state index < -0.39 is 7.92 Å². The summed E-state index contributed by atoms with van der Waals surface area (Å²) < 4.78 is 25.6. The van der Waals surface area contributed by atoms with E-state index in [2.05, 4.69) is 109 Å². The quantitative estimate of drug-likeness (QED) is 0.196. The number of ether oxygens (including phenoxy) is 4. The molecule has 0 aliphatic carbocycles. The smallest absolute Gasteiger partial charge is 0.131 e. The Kier molecular flexibility index (Phi) is 12.9. The van der Waals surface area contributed by atoms with Crippen LogP contribution in [0.2, 0.25) is 0 Å². The van der Waals surface area contributed by atoms with Crippen molar-refractivity contribution in [1.82, 2.24) is 9.80 Å². The number of methoxy groups -OCH3 is 2. The fourth-order valence-corrected chi connectivity index (χ4v) is 8.16. The average molecular weight is 681 g/mol. The molecule has 0 aromatic heterocycles. The van der Waals surface area contributed by atoms with E-state index in [-0.39, 0.29) is 22.0 Å². The highest BCUT2D eigenvalue weighted by Gasteiger charge is 2.35. The van der Waals surface area contributed by atoms with E-state index in [9.17, 15) is 5.11 Å². The summed E-state index contributed by atoms with van der Waals surface area (Å²) in [7, 11) is 10.1. The van der Waals surface area contributed by atoms with Crippen LogP contribution >= 0.6 is 7.92 Å². The van der Waals surface area contributed by atoms with Gasteiger partial charge in [0.2, 0.25) is 0 Å². The van der Waals surface area contributed by atoms with Crippen molar-refractivity contribution in [2.45, 2.75) is 78.6 Å². The predicted octanol–water partition coefficient (Wildman–Crippen LogP) is 6.94. The van der Waals surface area contributed by atoms with Gasteiger partial charge in [-0.1, -0.05) is 80.5 Å². The Labute approximate surface area is 292 Å². The first-order chi connectivity index (χ1) is 22.2. The van der Waals surface area contributed by atoms with E-state index >= 15 is 0 Å². The zero-order valence-corrected chi connectivity index (χ0v) is 33.2. The first kappa shape index (κ1) is 39.4. The van der Waals surface area contributed by atoms with Gasteiger partial charge in [0.1, 0.15) is 42.0 Å². The first-order valence-electron chi connectivity index (χ1n) is 16.8. The van der Waals surface area contributed by atoms with E-state index in [1.807, 2.05) is 34.3 Å². The lowest BCUT2D eigenvalue weighted by Gasteiger charge is -2.33. The molecule has 266 valence electrons. The molecule has 0 spiro atoms. The number of phenols is 1. The fourth-order valence-electron chi connectivity index (χ4n) is 5.53. The molecule has 0 saturated heterocycles. The first-order valence-corrected chi connectivity index (χ1v) is 18.2. The molecule has 0 radical (unpaired) electrons. The third kappa shape index (κ3) is 9.58. The summed E-state index contributed by atoms with van der Waals surface area (Å²) in [6.45, 7) is 22.1. The molecule has 0 bridgehead atoms. The lowest BCUT2D eigenvalue weighted by molar-refractivity contribution is 0.258. The molecule has 0 unspecified atom stereocenters. The molecule has 1 N–H and O–H groups in total. The Bertz CT molecular complexity index is 1450. The molecule has 0 heterocycles. The van der Waals surface area contributed by atoms with Crippen LogP contribution in [0.1, 0.15) is 79.0 Å². The number of benzene rings is 3.